The van der Waals surface area contributed by atoms with E-state index in [0.717, 1.165) is 22.3 Å². The van der Waals surface area contributed by atoms with Crippen LogP contribution in [0.1, 0.15) is 43.0 Å². The summed E-state index contributed by atoms with van der Waals surface area (Å²) in [6.45, 7) is 9.80. The molecule has 0 bridgehead atoms. The van der Waals surface area contributed by atoms with Crippen molar-refractivity contribution in [3.8, 4) is 5.75 Å². The number of aryl methyl sites for hydroxylation is 2. The molecule has 6 heteroatoms. The van der Waals surface area contributed by atoms with Gasteiger partial charge in [-0.1, -0.05) is 60.1 Å². The van der Waals surface area contributed by atoms with Crippen LogP contribution in [0, 0.1) is 13.8 Å². The smallest absolute Gasteiger partial charge is 0.261 e. The third-order valence-electron chi connectivity index (χ3n) is 5.57. The average Bonchev–Trinajstić information content (AvgIpc) is 2.79. The molecule has 1 N–H and O–H groups in total. The molecule has 190 valence electrons. The first-order valence-corrected chi connectivity index (χ1v) is 12.5. The van der Waals surface area contributed by atoms with Gasteiger partial charge in [0.1, 0.15) is 11.8 Å². The number of benzene rings is 3. The number of ether oxygens (including phenoxy) is 1. The fraction of sp³-hybridized carbons (Fsp3) is 0.333. The molecule has 36 heavy (non-hydrogen) atoms. The van der Waals surface area contributed by atoms with E-state index in [-0.39, 0.29) is 25.0 Å². The minimum atomic E-state index is -0.735. The molecular weight excluding hydrogens is 472 g/mol. The first-order valence-electron chi connectivity index (χ1n) is 12.1. The fourth-order valence-corrected chi connectivity index (χ4v) is 4.30. The van der Waals surface area contributed by atoms with Crippen LogP contribution < -0.4 is 10.1 Å². The molecule has 0 unspecified atom stereocenters. The Morgan fingerprint density at radius 2 is 1.56 bits per heavy atom. The summed E-state index contributed by atoms with van der Waals surface area (Å²) in [6.07, 6.45) is 0.374. The summed E-state index contributed by atoms with van der Waals surface area (Å²) in [6, 6.07) is 22.2. The molecule has 0 saturated carbocycles. The molecule has 0 aliphatic heterocycles. The Labute approximate surface area is 219 Å². The minimum Gasteiger partial charge on any atom is -0.484 e. The van der Waals surface area contributed by atoms with Gasteiger partial charge in [0, 0.05) is 23.5 Å². The van der Waals surface area contributed by atoms with E-state index < -0.39 is 11.6 Å². The number of halogens is 1. The van der Waals surface area contributed by atoms with Gasteiger partial charge in [0.05, 0.1) is 0 Å². The van der Waals surface area contributed by atoms with Gasteiger partial charge >= 0.3 is 0 Å². The molecule has 0 heterocycles. The van der Waals surface area contributed by atoms with E-state index in [4.69, 9.17) is 16.3 Å². The first kappa shape index (κ1) is 27.3. The SMILES string of the molecule is Cc1cc(C)cc(OCC(=O)N(Cc2cccc(Cl)c2)[C@@H](Cc2ccccc2)C(=O)NC(C)(C)C)c1. The van der Waals surface area contributed by atoms with Crippen LogP contribution in [0.2, 0.25) is 5.02 Å². The predicted molar refractivity (Wildman–Crippen MR) is 145 cm³/mol. The highest BCUT2D eigenvalue weighted by molar-refractivity contribution is 6.30. The lowest BCUT2D eigenvalue weighted by atomic mass is 10.0. The summed E-state index contributed by atoms with van der Waals surface area (Å²) < 4.78 is 5.90. The van der Waals surface area contributed by atoms with E-state index in [1.54, 1.807) is 11.0 Å². The van der Waals surface area contributed by atoms with Gasteiger partial charge in [-0.3, -0.25) is 9.59 Å². The molecule has 0 aromatic heterocycles. The Hall–Kier alpha value is -3.31. The van der Waals surface area contributed by atoms with Crippen LogP contribution in [0.25, 0.3) is 0 Å². The summed E-state index contributed by atoms with van der Waals surface area (Å²) in [5.74, 6) is 0.134. The summed E-state index contributed by atoms with van der Waals surface area (Å²) in [5.41, 5.74) is 3.46. The second-order valence-corrected chi connectivity index (χ2v) is 10.6. The van der Waals surface area contributed by atoms with Crippen molar-refractivity contribution in [1.29, 1.82) is 0 Å². The van der Waals surface area contributed by atoms with Crippen molar-refractivity contribution in [2.24, 2.45) is 0 Å². The largest absolute Gasteiger partial charge is 0.484 e. The number of rotatable bonds is 9. The van der Waals surface area contributed by atoms with Gasteiger partial charge in [-0.05, 0) is 81.1 Å². The summed E-state index contributed by atoms with van der Waals surface area (Å²) >= 11 is 6.23. The maximum atomic E-state index is 13.7. The van der Waals surface area contributed by atoms with Crippen molar-refractivity contribution >= 4 is 23.4 Å². The number of amides is 2. The van der Waals surface area contributed by atoms with Crippen molar-refractivity contribution in [2.45, 2.75) is 59.2 Å². The van der Waals surface area contributed by atoms with Crippen LogP contribution in [0.5, 0.6) is 5.75 Å². The van der Waals surface area contributed by atoms with E-state index in [1.165, 1.54) is 0 Å². The van der Waals surface area contributed by atoms with E-state index in [9.17, 15) is 9.59 Å². The van der Waals surface area contributed by atoms with Crippen LogP contribution in [0.4, 0.5) is 0 Å². The number of nitrogens with zero attached hydrogens (tertiary/aromatic N) is 1. The average molecular weight is 507 g/mol. The zero-order valence-electron chi connectivity index (χ0n) is 21.7. The van der Waals surface area contributed by atoms with Gasteiger partial charge in [-0.15, -0.1) is 0 Å². The van der Waals surface area contributed by atoms with Crippen molar-refractivity contribution in [2.75, 3.05) is 6.61 Å². The van der Waals surface area contributed by atoms with Crippen LogP contribution in [0.3, 0.4) is 0 Å². The zero-order chi connectivity index (χ0) is 26.3. The Morgan fingerprint density at radius 1 is 0.917 bits per heavy atom. The van der Waals surface area contributed by atoms with E-state index in [0.29, 0.717) is 17.2 Å². The van der Waals surface area contributed by atoms with Gasteiger partial charge in [0.2, 0.25) is 5.91 Å². The van der Waals surface area contributed by atoms with Crippen LogP contribution in [-0.4, -0.2) is 34.9 Å². The second kappa shape index (κ2) is 12.1. The highest BCUT2D eigenvalue weighted by Crippen LogP contribution is 2.20. The standard InChI is InChI=1S/C30H35ClN2O3/c1-21-14-22(2)16-26(15-21)36-20-28(34)33(19-24-12-9-13-25(31)17-24)27(29(35)32-30(3,4)5)18-23-10-7-6-8-11-23/h6-17,27H,18-20H2,1-5H3,(H,32,35)/t27-/m0/s1. The number of hydrogen-bond acceptors (Lipinski definition) is 3. The first-order chi connectivity index (χ1) is 17.0. The van der Waals surface area contributed by atoms with E-state index in [2.05, 4.69) is 5.32 Å². The Kier molecular flexibility index (Phi) is 9.16. The molecule has 3 aromatic rings. The van der Waals surface area contributed by atoms with Crippen LogP contribution >= 0.6 is 11.6 Å². The predicted octanol–water partition coefficient (Wildman–Crippen LogP) is 5.89. The highest BCUT2D eigenvalue weighted by Gasteiger charge is 2.32. The maximum Gasteiger partial charge on any atom is 0.261 e. The third kappa shape index (κ3) is 8.42. The molecule has 0 saturated heterocycles. The van der Waals surface area contributed by atoms with Gasteiger partial charge in [-0.25, -0.2) is 0 Å². The normalized spacial score (nSPS) is 12.1. The number of carbonyl (C=O) groups is 2. The molecule has 0 fully saturated rings. The maximum absolute atomic E-state index is 13.7. The molecular formula is C30H35ClN2O3. The molecule has 1 atom stereocenters. The van der Waals surface area contributed by atoms with Gasteiger partial charge < -0.3 is 15.0 Å². The number of nitrogens with one attached hydrogen (secondary N) is 1. The summed E-state index contributed by atoms with van der Waals surface area (Å²) in [4.78, 5) is 28.8. The van der Waals surface area contributed by atoms with E-state index >= 15 is 0 Å². The lowest BCUT2D eigenvalue weighted by molar-refractivity contribution is -0.143. The lowest BCUT2D eigenvalue weighted by Gasteiger charge is -2.33. The summed E-state index contributed by atoms with van der Waals surface area (Å²) in [7, 11) is 0. The third-order valence-corrected chi connectivity index (χ3v) is 5.80. The van der Waals surface area contributed by atoms with Crippen molar-refractivity contribution in [1.82, 2.24) is 10.2 Å². The van der Waals surface area contributed by atoms with Crippen LogP contribution in [-0.2, 0) is 22.6 Å². The Morgan fingerprint density at radius 3 is 2.17 bits per heavy atom. The molecule has 0 radical (unpaired) electrons. The summed E-state index contributed by atoms with van der Waals surface area (Å²) in [5, 5.41) is 3.64. The van der Waals surface area contributed by atoms with Crippen molar-refractivity contribution in [3.05, 3.63) is 100 Å². The molecule has 3 rings (SSSR count). The fourth-order valence-electron chi connectivity index (χ4n) is 4.08. The molecule has 2 amide bonds. The van der Waals surface area contributed by atoms with Gasteiger partial charge in [0.25, 0.3) is 5.91 Å². The monoisotopic (exact) mass is 506 g/mol. The van der Waals surface area contributed by atoms with Gasteiger partial charge in [0.15, 0.2) is 6.61 Å². The van der Waals surface area contributed by atoms with Crippen molar-refractivity contribution < 1.29 is 14.3 Å². The minimum absolute atomic E-state index is 0.183. The highest BCUT2D eigenvalue weighted by atomic mass is 35.5. The molecule has 0 aliphatic carbocycles. The Bertz CT molecular complexity index is 1170. The zero-order valence-corrected chi connectivity index (χ0v) is 22.4. The topological polar surface area (TPSA) is 58.6 Å². The van der Waals surface area contributed by atoms with E-state index in [1.807, 2.05) is 101 Å². The quantitative estimate of drug-likeness (QED) is 0.393. The van der Waals surface area contributed by atoms with Gasteiger partial charge in [-0.2, -0.15) is 0 Å². The molecule has 3 aromatic carbocycles. The second-order valence-electron chi connectivity index (χ2n) is 10.2. The van der Waals surface area contributed by atoms with Crippen molar-refractivity contribution in [3.63, 3.8) is 0 Å². The Balaban J connectivity index is 1.94. The number of hydrogen-bond donors (Lipinski definition) is 1. The molecule has 0 aliphatic rings. The lowest BCUT2D eigenvalue weighted by Crippen LogP contribution is -2.55. The number of carbonyl (C=O) groups excluding carboxylic acids is 2. The molecule has 5 nitrogen and oxygen atoms in total. The van der Waals surface area contributed by atoms with Crippen LogP contribution in [0.15, 0.2) is 72.8 Å². The molecule has 0 spiro atoms.